The monoisotopic (exact) mass is 288 g/mol. The SMILES string of the molecule is Cc1ncc(CO)c(CNCCCS(C)(=O)=O)c1O. The van der Waals surface area contributed by atoms with Gasteiger partial charge in [-0.05, 0) is 19.9 Å². The van der Waals surface area contributed by atoms with Gasteiger partial charge in [-0.3, -0.25) is 4.98 Å². The first-order valence-electron chi connectivity index (χ1n) is 6.00. The van der Waals surface area contributed by atoms with Crippen molar-refractivity contribution in [3.8, 4) is 5.75 Å². The number of sulfone groups is 1. The Morgan fingerprint density at radius 2 is 2.11 bits per heavy atom. The Morgan fingerprint density at radius 3 is 2.68 bits per heavy atom. The number of aliphatic hydroxyl groups excluding tert-OH is 1. The van der Waals surface area contributed by atoms with Gasteiger partial charge >= 0.3 is 0 Å². The molecule has 0 aliphatic heterocycles. The Balaban J connectivity index is 2.56. The molecule has 0 saturated carbocycles. The molecule has 7 heteroatoms. The summed E-state index contributed by atoms with van der Waals surface area (Å²) in [7, 11) is -2.94. The quantitative estimate of drug-likeness (QED) is 0.616. The molecule has 0 spiro atoms. The number of hydrogen-bond donors (Lipinski definition) is 3. The predicted molar refractivity (Wildman–Crippen MR) is 72.6 cm³/mol. The number of pyridine rings is 1. The highest BCUT2D eigenvalue weighted by molar-refractivity contribution is 7.90. The van der Waals surface area contributed by atoms with Gasteiger partial charge in [-0.15, -0.1) is 0 Å². The molecule has 0 bridgehead atoms. The molecule has 1 heterocycles. The van der Waals surface area contributed by atoms with Crippen molar-refractivity contribution in [1.82, 2.24) is 10.3 Å². The van der Waals surface area contributed by atoms with Crippen molar-refractivity contribution < 1.29 is 18.6 Å². The van der Waals surface area contributed by atoms with E-state index in [0.29, 0.717) is 36.3 Å². The number of aliphatic hydroxyl groups is 1. The van der Waals surface area contributed by atoms with Crippen molar-refractivity contribution in [2.75, 3.05) is 18.6 Å². The van der Waals surface area contributed by atoms with Gasteiger partial charge in [-0.25, -0.2) is 8.42 Å². The van der Waals surface area contributed by atoms with Crippen LogP contribution in [0.15, 0.2) is 6.20 Å². The van der Waals surface area contributed by atoms with E-state index in [4.69, 9.17) is 0 Å². The second kappa shape index (κ2) is 6.83. The summed E-state index contributed by atoms with van der Waals surface area (Å²) in [5.41, 5.74) is 1.68. The molecule has 19 heavy (non-hydrogen) atoms. The third kappa shape index (κ3) is 5.14. The number of rotatable bonds is 7. The molecule has 108 valence electrons. The summed E-state index contributed by atoms with van der Waals surface area (Å²) >= 11 is 0. The number of nitrogens with one attached hydrogen (secondary N) is 1. The summed E-state index contributed by atoms with van der Waals surface area (Å²) in [5.74, 6) is 0.205. The molecule has 0 aliphatic carbocycles. The van der Waals surface area contributed by atoms with Crippen molar-refractivity contribution in [2.24, 2.45) is 0 Å². The standard InChI is InChI=1S/C12H20N2O4S/c1-9-12(16)11(10(8-15)6-14-9)7-13-4-3-5-19(2,17)18/h6,13,15-16H,3-5,7-8H2,1-2H3. The van der Waals surface area contributed by atoms with E-state index in [1.54, 1.807) is 6.92 Å². The molecule has 0 aromatic carbocycles. The Labute approximate surface area is 113 Å². The van der Waals surface area contributed by atoms with Crippen LogP contribution in [0.1, 0.15) is 23.2 Å². The highest BCUT2D eigenvalue weighted by Crippen LogP contribution is 2.23. The molecule has 3 N–H and O–H groups in total. The van der Waals surface area contributed by atoms with Crippen LogP contribution in [0, 0.1) is 6.92 Å². The number of aromatic hydroxyl groups is 1. The summed E-state index contributed by atoms with van der Waals surface area (Å²) in [6.45, 7) is 2.39. The lowest BCUT2D eigenvalue weighted by Crippen LogP contribution is -2.19. The fraction of sp³-hybridized carbons (Fsp3) is 0.583. The summed E-state index contributed by atoms with van der Waals surface area (Å²) in [6.07, 6.45) is 3.25. The second-order valence-electron chi connectivity index (χ2n) is 4.51. The molecule has 6 nitrogen and oxygen atoms in total. The maximum absolute atomic E-state index is 11.0. The lowest BCUT2D eigenvalue weighted by atomic mass is 10.1. The first-order valence-corrected chi connectivity index (χ1v) is 8.07. The summed E-state index contributed by atoms with van der Waals surface area (Å²) in [4.78, 5) is 3.97. The molecule has 0 saturated heterocycles. The number of nitrogens with zero attached hydrogens (tertiary/aromatic N) is 1. The first kappa shape index (κ1) is 15.9. The molecular formula is C12H20N2O4S. The van der Waals surface area contributed by atoms with Crippen molar-refractivity contribution in [2.45, 2.75) is 26.5 Å². The van der Waals surface area contributed by atoms with Gasteiger partial charge in [0.1, 0.15) is 15.6 Å². The van der Waals surface area contributed by atoms with E-state index in [2.05, 4.69) is 10.3 Å². The third-order valence-corrected chi connectivity index (χ3v) is 3.80. The smallest absolute Gasteiger partial charge is 0.147 e. The van der Waals surface area contributed by atoms with Crippen molar-refractivity contribution in [3.63, 3.8) is 0 Å². The third-order valence-electron chi connectivity index (χ3n) is 2.77. The Bertz CT molecular complexity index is 529. The summed E-state index contributed by atoms with van der Waals surface area (Å²) in [5, 5.41) is 22.1. The normalized spacial score (nSPS) is 11.7. The fourth-order valence-corrected chi connectivity index (χ4v) is 2.36. The zero-order valence-corrected chi connectivity index (χ0v) is 12.0. The van der Waals surface area contributed by atoms with E-state index in [1.165, 1.54) is 12.5 Å². The molecule has 0 aliphatic rings. The van der Waals surface area contributed by atoms with Crippen LogP contribution >= 0.6 is 0 Å². The van der Waals surface area contributed by atoms with E-state index in [0.717, 1.165) is 0 Å². The van der Waals surface area contributed by atoms with Gasteiger partial charge in [-0.1, -0.05) is 0 Å². The molecule has 0 amide bonds. The van der Waals surface area contributed by atoms with E-state index in [-0.39, 0.29) is 18.1 Å². The van der Waals surface area contributed by atoms with Crippen LogP contribution in [-0.4, -0.2) is 42.2 Å². The van der Waals surface area contributed by atoms with Crippen molar-refractivity contribution >= 4 is 9.84 Å². The molecule has 1 aromatic heterocycles. The van der Waals surface area contributed by atoms with Gasteiger partial charge in [0, 0.05) is 30.1 Å². The van der Waals surface area contributed by atoms with Crippen molar-refractivity contribution in [1.29, 1.82) is 0 Å². The maximum atomic E-state index is 11.0. The zero-order valence-electron chi connectivity index (χ0n) is 11.2. The van der Waals surface area contributed by atoms with Crippen LogP contribution in [0.4, 0.5) is 0 Å². The molecule has 0 unspecified atom stereocenters. The van der Waals surface area contributed by atoms with Gasteiger partial charge < -0.3 is 15.5 Å². The minimum Gasteiger partial charge on any atom is -0.506 e. The minimum absolute atomic E-state index is 0.0714. The van der Waals surface area contributed by atoms with Gasteiger partial charge in [0.15, 0.2) is 0 Å². The summed E-state index contributed by atoms with van der Waals surface area (Å²) in [6, 6.07) is 0. The molecular weight excluding hydrogens is 268 g/mol. The van der Waals surface area contributed by atoms with Crippen LogP contribution in [0.3, 0.4) is 0 Å². The number of aryl methyl sites for hydroxylation is 1. The summed E-state index contributed by atoms with van der Waals surface area (Å²) < 4.78 is 21.9. The van der Waals surface area contributed by atoms with E-state index < -0.39 is 9.84 Å². The van der Waals surface area contributed by atoms with E-state index in [1.807, 2.05) is 0 Å². The number of aromatic nitrogens is 1. The Kier molecular flexibility index (Phi) is 5.71. The lowest BCUT2D eigenvalue weighted by Gasteiger charge is -2.12. The highest BCUT2D eigenvalue weighted by Gasteiger charge is 2.10. The Morgan fingerprint density at radius 1 is 1.42 bits per heavy atom. The average Bonchev–Trinajstić information content (AvgIpc) is 2.32. The van der Waals surface area contributed by atoms with Crippen LogP contribution < -0.4 is 5.32 Å². The van der Waals surface area contributed by atoms with Crippen LogP contribution in [0.5, 0.6) is 5.75 Å². The molecule has 1 rings (SSSR count). The molecule has 0 atom stereocenters. The number of hydrogen-bond acceptors (Lipinski definition) is 6. The van der Waals surface area contributed by atoms with Crippen LogP contribution in [0.25, 0.3) is 0 Å². The largest absolute Gasteiger partial charge is 0.506 e. The van der Waals surface area contributed by atoms with Crippen molar-refractivity contribution in [3.05, 3.63) is 23.0 Å². The minimum atomic E-state index is -2.94. The zero-order chi connectivity index (χ0) is 14.5. The highest BCUT2D eigenvalue weighted by atomic mass is 32.2. The first-order chi connectivity index (χ1) is 8.85. The van der Waals surface area contributed by atoms with Gasteiger partial charge in [0.25, 0.3) is 0 Å². The lowest BCUT2D eigenvalue weighted by molar-refractivity contribution is 0.278. The average molecular weight is 288 g/mol. The van der Waals surface area contributed by atoms with E-state index in [9.17, 15) is 18.6 Å². The molecule has 1 aromatic rings. The molecule has 0 fully saturated rings. The van der Waals surface area contributed by atoms with Gasteiger partial charge in [0.2, 0.25) is 0 Å². The van der Waals surface area contributed by atoms with Crippen LogP contribution in [0.2, 0.25) is 0 Å². The topological polar surface area (TPSA) is 99.5 Å². The fourth-order valence-electron chi connectivity index (χ4n) is 1.69. The Hall–Kier alpha value is -1.18. The van der Waals surface area contributed by atoms with Gasteiger partial charge in [0.05, 0.1) is 18.1 Å². The predicted octanol–water partition coefficient (Wildman–Crippen LogP) is 0.112. The maximum Gasteiger partial charge on any atom is 0.147 e. The second-order valence-corrected chi connectivity index (χ2v) is 6.77. The van der Waals surface area contributed by atoms with Gasteiger partial charge in [-0.2, -0.15) is 0 Å². The van der Waals surface area contributed by atoms with Crippen LogP contribution in [-0.2, 0) is 23.0 Å². The molecule has 0 radical (unpaired) electrons. The van der Waals surface area contributed by atoms with E-state index >= 15 is 0 Å².